The summed E-state index contributed by atoms with van der Waals surface area (Å²) < 4.78 is 16.4. The largest absolute Gasteiger partial charge is 0.494 e. The van der Waals surface area contributed by atoms with Crippen molar-refractivity contribution in [3.8, 4) is 5.75 Å². The van der Waals surface area contributed by atoms with Gasteiger partial charge in [0.25, 0.3) is 0 Å². The van der Waals surface area contributed by atoms with Gasteiger partial charge in [0.05, 0.1) is 19.8 Å². The normalized spacial score (nSPS) is 10.5. The second kappa shape index (κ2) is 8.09. The molecule has 0 aliphatic carbocycles. The Morgan fingerprint density at radius 2 is 1.29 bits per heavy atom. The van der Waals surface area contributed by atoms with Gasteiger partial charge in [-0.25, -0.2) is 0 Å². The minimum absolute atomic E-state index is 0.622. The first kappa shape index (κ1) is 14.0. The lowest BCUT2D eigenvalue weighted by Gasteiger charge is -2.10. The molecule has 0 atom stereocenters. The fourth-order valence-corrected chi connectivity index (χ4v) is 1.59. The molecule has 0 saturated carbocycles. The number of benzene rings is 1. The molecule has 0 aliphatic heterocycles. The Bertz CT molecular complexity index is 297. The Labute approximate surface area is 104 Å². The van der Waals surface area contributed by atoms with E-state index in [-0.39, 0.29) is 0 Å². The lowest BCUT2D eigenvalue weighted by Crippen LogP contribution is -1.99. The van der Waals surface area contributed by atoms with Crippen LogP contribution in [-0.2, 0) is 22.7 Å². The average molecular weight is 238 g/mol. The predicted molar refractivity (Wildman–Crippen MR) is 68.3 cm³/mol. The molecule has 3 heteroatoms. The standard InChI is InChI=1S/C14H22O3/c1-4-15-10-12-7-13(11-16-5-2)9-14(8-12)17-6-3/h7-9H,4-6,10-11H2,1-3H3. The van der Waals surface area contributed by atoms with Gasteiger partial charge in [0, 0.05) is 13.2 Å². The van der Waals surface area contributed by atoms with Gasteiger partial charge < -0.3 is 14.2 Å². The van der Waals surface area contributed by atoms with Gasteiger partial charge >= 0.3 is 0 Å². The summed E-state index contributed by atoms with van der Waals surface area (Å²) in [6.45, 7) is 9.33. The van der Waals surface area contributed by atoms with Crippen molar-refractivity contribution < 1.29 is 14.2 Å². The van der Waals surface area contributed by atoms with Crippen molar-refractivity contribution in [3.63, 3.8) is 0 Å². The van der Waals surface area contributed by atoms with Crippen molar-refractivity contribution in [2.45, 2.75) is 34.0 Å². The molecule has 0 spiro atoms. The molecule has 17 heavy (non-hydrogen) atoms. The molecule has 1 aromatic carbocycles. The molecule has 0 fully saturated rings. The third-order valence-corrected chi connectivity index (χ3v) is 2.28. The van der Waals surface area contributed by atoms with Gasteiger partial charge in [-0.15, -0.1) is 0 Å². The molecule has 1 aromatic rings. The third-order valence-electron chi connectivity index (χ3n) is 2.28. The van der Waals surface area contributed by atoms with E-state index in [4.69, 9.17) is 14.2 Å². The van der Waals surface area contributed by atoms with Crippen LogP contribution >= 0.6 is 0 Å². The molecular weight excluding hydrogens is 216 g/mol. The van der Waals surface area contributed by atoms with Crippen LogP contribution in [-0.4, -0.2) is 19.8 Å². The summed E-state index contributed by atoms with van der Waals surface area (Å²) in [4.78, 5) is 0. The highest BCUT2D eigenvalue weighted by Crippen LogP contribution is 2.19. The Morgan fingerprint density at radius 1 is 0.765 bits per heavy atom. The summed E-state index contributed by atoms with van der Waals surface area (Å²) in [5.41, 5.74) is 2.26. The Morgan fingerprint density at radius 3 is 1.71 bits per heavy atom. The summed E-state index contributed by atoms with van der Waals surface area (Å²) in [6, 6.07) is 6.15. The Balaban J connectivity index is 2.76. The van der Waals surface area contributed by atoms with Crippen LogP contribution in [0.25, 0.3) is 0 Å². The minimum atomic E-state index is 0.622. The molecule has 0 aromatic heterocycles. The summed E-state index contributed by atoms with van der Waals surface area (Å²) in [6.07, 6.45) is 0. The molecule has 0 bridgehead atoms. The molecule has 0 N–H and O–H groups in total. The average Bonchev–Trinajstić information content (AvgIpc) is 2.34. The van der Waals surface area contributed by atoms with Crippen LogP contribution < -0.4 is 4.74 Å². The van der Waals surface area contributed by atoms with Crippen LogP contribution in [0, 0.1) is 0 Å². The lowest BCUT2D eigenvalue weighted by atomic mass is 10.1. The highest BCUT2D eigenvalue weighted by Gasteiger charge is 2.02. The van der Waals surface area contributed by atoms with E-state index in [0.29, 0.717) is 19.8 Å². The molecule has 0 saturated heterocycles. The molecule has 3 nitrogen and oxygen atoms in total. The van der Waals surface area contributed by atoms with E-state index >= 15 is 0 Å². The van der Waals surface area contributed by atoms with Crippen LogP contribution in [0.5, 0.6) is 5.75 Å². The number of ether oxygens (including phenoxy) is 3. The second-order valence-corrected chi connectivity index (χ2v) is 3.69. The topological polar surface area (TPSA) is 27.7 Å². The smallest absolute Gasteiger partial charge is 0.119 e. The molecule has 0 amide bonds. The van der Waals surface area contributed by atoms with Gasteiger partial charge in [-0.1, -0.05) is 6.07 Å². The van der Waals surface area contributed by atoms with Crippen molar-refractivity contribution in [2.24, 2.45) is 0 Å². The van der Waals surface area contributed by atoms with Crippen LogP contribution in [0.15, 0.2) is 18.2 Å². The summed E-state index contributed by atoms with van der Waals surface area (Å²) in [5.74, 6) is 0.888. The van der Waals surface area contributed by atoms with Crippen LogP contribution in [0.3, 0.4) is 0 Å². The van der Waals surface area contributed by atoms with Crippen molar-refractivity contribution in [1.29, 1.82) is 0 Å². The number of rotatable bonds is 8. The first-order chi connectivity index (χ1) is 8.30. The quantitative estimate of drug-likeness (QED) is 0.696. The van der Waals surface area contributed by atoms with Crippen molar-refractivity contribution in [2.75, 3.05) is 19.8 Å². The van der Waals surface area contributed by atoms with E-state index in [2.05, 4.69) is 6.07 Å². The molecule has 96 valence electrons. The second-order valence-electron chi connectivity index (χ2n) is 3.69. The van der Waals surface area contributed by atoms with Gasteiger partial charge in [0.15, 0.2) is 0 Å². The van der Waals surface area contributed by atoms with E-state index in [1.165, 1.54) is 0 Å². The molecule has 0 unspecified atom stereocenters. The summed E-state index contributed by atoms with van der Waals surface area (Å²) >= 11 is 0. The minimum Gasteiger partial charge on any atom is -0.494 e. The highest BCUT2D eigenvalue weighted by molar-refractivity contribution is 5.34. The maximum Gasteiger partial charge on any atom is 0.119 e. The van der Waals surface area contributed by atoms with Crippen molar-refractivity contribution in [3.05, 3.63) is 29.3 Å². The fourth-order valence-electron chi connectivity index (χ4n) is 1.59. The molecule has 0 radical (unpaired) electrons. The SMILES string of the molecule is CCOCc1cc(COCC)cc(OCC)c1. The van der Waals surface area contributed by atoms with E-state index in [0.717, 1.165) is 30.1 Å². The Hall–Kier alpha value is -1.06. The third kappa shape index (κ3) is 5.20. The van der Waals surface area contributed by atoms with E-state index in [1.54, 1.807) is 0 Å². The zero-order valence-electron chi connectivity index (χ0n) is 11.0. The van der Waals surface area contributed by atoms with Crippen molar-refractivity contribution >= 4 is 0 Å². The van der Waals surface area contributed by atoms with Gasteiger partial charge in [0.2, 0.25) is 0 Å². The molecule has 1 rings (SSSR count). The first-order valence-corrected chi connectivity index (χ1v) is 6.21. The summed E-state index contributed by atoms with van der Waals surface area (Å²) in [7, 11) is 0. The van der Waals surface area contributed by atoms with Crippen LogP contribution in [0.1, 0.15) is 31.9 Å². The monoisotopic (exact) mass is 238 g/mol. The Kier molecular flexibility index (Phi) is 6.67. The predicted octanol–water partition coefficient (Wildman–Crippen LogP) is 3.16. The maximum atomic E-state index is 5.54. The van der Waals surface area contributed by atoms with Crippen molar-refractivity contribution in [1.82, 2.24) is 0 Å². The molecule has 0 aliphatic rings. The number of hydrogen-bond acceptors (Lipinski definition) is 3. The maximum absolute atomic E-state index is 5.54. The molecular formula is C14H22O3. The van der Waals surface area contributed by atoms with E-state index in [9.17, 15) is 0 Å². The lowest BCUT2D eigenvalue weighted by molar-refractivity contribution is 0.129. The van der Waals surface area contributed by atoms with Gasteiger partial charge in [-0.3, -0.25) is 0 Å². The zero-order valence-corrected chi connectivity index (χ0v) is 11.0. The summed E-state index contributed by atoms with van der Waals surface area (Å²) in [5, 5.41) is 0. The van der Waals surface area contributed by atoms with Gasteiger partial charge in [-0.2, -0.15) is 0 Å². The number of hydrogen-bond donors (Lipinski definition) is 0. The zero-order chi connectivity index (χ0) is 12.5. The van der Waals surface area contributed by atoms with E-state index in [1.807, 2.05) is 32.9 Å². The van der Waals surface area contributed by atoms with Gasteiger partial charge in [-0.05, 0) is 44.0 Å². The van der Waals surface area contributed by atoms with Crippen LogP contribution in [0.4, 0.5) is 0 Å². The highest BCUT2D eigenvalue weighted by atomic mass is 16.5. The van der Waals surface area contributed by atoms with Crippen LogP contribution in [0.2, 0.25) is 0 Å². The first-order valence-electron chi connectivity index (χ1n) is 6.21. The fraction of sp³-hybridized carbons (Fsp3) is 0.571. The molecule has 0 heterocycles. The van der Waals surface area contributed by atoms with E-state index < -0.39 is 0 Å². The van der Waals surface area contributed by atoms with Gasteiger partial charge in [0.1, 0.15) is 5.75 Å².